The van der Waals surface area contributed by atoms with E-state index < -0.39 is 5.41 Å². The average molecular weight is 410 g/mol. The first kappa shape index (κ1) is 18.4. The average Bonchev–Trinajstić information content (AvgIpc) is 3.43. The second kappa shape index (κ2) is 8.29. The van der Waals surface area contributed by atoms with Gasteiger partial charge in [0.2, 0.25) is 11.8 Å². The predicted octanol–water partition coefficient (Wildman–Crippen LogP) is 1.05. The number of rotatable bonds is 7. The molecule has 1 aromatic carbocycles. The third kappa shape index (κ3) is 4.80. The summed E-state index contributed by atoms with van der Waals surface area (Å²) in [7, 11) is 0. The first-order valence-electron chi connectivity index (χ1n) is 8.71. The molecular formula is C18H24BrN3O3. The lowest BCUT2D eigenvalue weighted by atomic mass is 9.95. The Bertz CT molecular complexity index is 610. The van der Waals surface area contributed by atoms with Gasteiger partial charge in [-0.2, -0.15) is 0 Å². The number of nitrogens with zero attached hydrogens (tertiary/aromatic N) is 1. The van der Waals surface area contributed by atoms with Crippen molar-refractivity contribution in [2.45, 2.75) is 18.3 Å². The van der Waals surface area contributed by atoms with Gasteiger partial charge >= 0.3 is 0 Å². The van der Waals surface area contributed by atoms with Crippen molar-refractivity contribution in [3.63, 3.8) is 0 Å². The minimum atomic E-state index is -0.450. The molecule has 136 valence electrons. The van der Waals surface area contributed by atoms with E-state index in [0.29, 0.717) is 6.54 Å². The molecule has 1 heterocycles. The van der Waals surface area contributed by atoms with Gasteiger partial charge < -0.3 is 15.4 Å². The Hall–Kier alpha value is -1.44. The topological polar surface area (TPSA) is 70.7 Å². The highest BCUT2D eigenvalue weighted by molar-refractivity contribution is 9.10. The van der Waals surface area contributed by atoms with E-state index in [0.717, 1.165) is 55.7 Å². The second-order valence-electron chi connectivity index (χ2n) is 6.58. The summed E-state index contributed by atoms with van der Waals surface area (Å²) in [5.74, 6) is -0.202. The molecule has 3 rings (SSSR count). The fraction of sp³-hybridized carbons (Fsp3) is 0.556. The monoisotopic (exact) mass is 409 g/mol. The highest BCUT2D eigenvalue weighted by Gasteiger charge is 2.51. The number of benzene rings is 1. The third-order valence-electron chi connectivity index (χ3n) is 4.84. The van der Waals surface area contributed by atoms with Crippen molar-refractivity contribution in [1.29, 1.82) is 0 Å². The number of hydrogen-bond acceptors (Lipinski definition) is 4. The summed E-state index contributed by atoms with van der Waals surface area (Å²) in [5, 5.41) is 5.65. The molecule has 1 aromatic rings. The first-order chi connectivity index (χ1) is 12.1. The van der Waals surface area contributed by atoms with E-state index in [1.807, 2.05) is 24.3 Å². The van der Waals surface area contributed by atoms with Crippen molar-refractivity contribution >= 4 is 27.7 Å². The van der Waals surface area contributed by atoms with Gasteiger partial charge in [0.15, 0.2) is 0 Å². The molecule has 0 bridgehead atoms. The molecule has 1 aliphatic heterocycles. The molecule has 2 fully saturated rings. The van der Waals surface area contributed by atoms with Gasteiger partial charge in [0.05, 0.1) is 25.2 Å². The predicted molar refractivity (Wildman–Crippen MR) is 98.3 cm³/mol. The summed E-state index contributed by atoms with van der Waals surface area (Å²) in [4.78, 5) is 26.7. The summed E-state index contributed by atoms with van der Waals surface area (Å²) in [5.41, 5.74) is 0.565. The number of carbonyl (C=O) groups excluding carboxylic acids is 2. The second-order valence-corrected chi connectivity index (χ2v) is 7.49. The molecule has 1 aliphatic carbocycles. The number of hydrogen-bond donors (Lipinski definition) is 2. The summed E-state index contributed by atoms with van der Waals surface area (Å²) in [6, 6.07) is 7.83. The Labute approximate surface area is 156 Å². The molecule has 25 heavy (non-hydrogen) atoms. The highest BCUT2D eigenvalue weighted by Crippen LogP contribution is 2.48. The lowest BCUT2D eigenvalue weighted by Gasteiger charge is -2.26. The SMILES string of the molecule is O=C(CNC(=O)C1(c2ccc(Br)cc2)CC1)NCCN1CCOCC1. The highest BCUT2D eigenvalue weighted by atomic mass is 79.9. The maximum absolute atomic E-state index is 12.5. The van der Waals surface area contributed by atoms with Gasteiger partial charge in [0.25, 0.3) is 0 Å². The Morgan fingerprint density at radius 1 is 1.12 bits per heavy atom. The third-order valence-corrected chi connectivity index (χ3v) is 5.37. The van der Waals surface area contributed by atoms with Gasteiger partial charge in [-0.1, -0.05) is 28.1 Å². The number of ether oxygens (including phenoxy) is 1. The van der Waals surface area contributed by atoms with Gasteiger partial charge in [-0.25, -0.2) is 0 Å². The van der Waals surface area contributed by atoms with Crippen LogP contribution in [0.2, 0.25) is 0 Å². The number of halogens is 1. The van der Waals surface area contributed by atoms with E-state index in [1.165, 1.54) is 0 Å². The van der Waals surface area contributed by atoms with Crippen LogP contribution in [0.3, 0.4) is 0 Å². The van der Waals surface area contributed by atoms with Crippen molar-refractivity contribution in [1.82, 2.24) is 15.5 Å². The van der Waals surface area contributed by atoms with Crippen molar-refractivity contribution in [3.8, 4) is 0 Å². The molecule has 0 spiro atoms. The van der Waals surface area contributed by atoms with E-state index >= 15 is 0 Å². The molecule has 0 aromatic heterocycles. The quantitative estimate of drug-likeness (QED) is 0.705. The Kier molecular flexibility index (Phi) is 6.09. The van der Waals surface area contributed by atoms with Crippen LogP contribution in [0.5, 0.6) is 0 Å². The zero-order valence-electron chi connectivity index (χ0n) is 14.2. The zero-order valence-corrected chi connectivity index (χ0v) is 15.8. The Balaban J connectivity index is 1.39. The molecule has 2 aliphatic rings. The molecular weight excluding hydrogens is 386 g/mol. The van der Waals surface area contributed by atoms with Crippen LogP contribution in [0, 0.1) is 0 Å². The Morgan fingerprint density at radius 2 is 1.80 bits per heavy atom. The number of morpholine rings is 1. The fourth-order valence-corrected chi connectivity index (χ4v) is 3.38. The van der Waals surface area contributed by atoms with Crippen LogP contribution in [-0.2, 0) is 19.7 Å². The maximum atomic E-state index is 12.5. The molecule has 0 atom stereocenters. The zero-order chi connectivity index (χ0) is 17.7. The van der Waals surface area contributed by atoms with Crippen LogP contribution in [0.4, 0.5) is 0 Å². The van der Waals surface area contributed by atoms with E-state index in [2.05, 4.69) is 31.5 Å². The van der Waals surface area contributed by atoms with Crippen LogP contribution >= 0.6 is 15.9 Å². The van der Waals surface area contributed by atoms with Crippen LogP contribution < -0.4 is 10.6 Å². The number of nitrogens with one attached hydrogen (secondary N) is 2. The minimum absolute atomic E-state index is 0.0280. The lowest BCUT2D eigenvalue weighted by molar-refractivity contribution is -0.127. The molecule has 0 radical (unpaired) electrons. The fourth-order valence-electron chi connectivity index (χ4n) is 3.11. The Morgan fingerprint density at radius 3 is 2.44 bits per heavy atom. The van der Waals surface area contributed by atoms with Crippen LogP contribution in [0.1, 0.15) is 18.4 Å². The van der Waals surface area contributed by atoms with E-state index in [-0.39, 0.29) is 18.4 Å². The lowest BCUT2D eigenvalue weighted by Crippen LogP contribution is -2.45. The molecule has 1 saturated carbocycles. The molecule has 7 heteroatoms. The van der Waals surface area contributed by atoms with E-state index in [9.17, 15) is 9.59 Å². The minimum Gasteiger partial charge on any atom is -0.379 e. The molecule has 2 amide bonds. The molecule has 1 saturated heterocycles. The van der Waals surface area contributed by atoms with E-state index in [1.54, 1.807) is 0 Å². The summed E-state index contributed by atoms with van der Waals surface area (Å²) in [6.07, 6.45) is 1.66. The standard InChI is InChI=1S/C18H24BrN3O3/c19-15-3-1-14(2-4-15)18(5-6-18)17(24)21-13-16(23)20-7-8-22-9-11-25-12-10-22/h1-4H,5-13H2,(H,20,23)(H,21,24). The van der Waals surface area contributed by atoms with Crippen molar-refractivity contribution < 1.29 is 14.3 Å². The van der Waals surface area contributed by atoms with Crippen LogP contribution in [0.25, 0.3) is 0 Å². The van der Waals surface area contributed by atoms with Crippen LogP contribution in [-0.4, -0.2) is 62.7 Å². The normalized spacial score (nSPS) is 19.2. The van der Waals surface area contributed by atoms with Gasteiger partial charge in [0, 0.05) is 30.7 Å². The van der Waals surface area contributed by atoms with Gasteiger partial charge in [-0.3, -0.25) is 14.5 Å². The smallest absolute Gasteiger partial charge is 0.239 e. The maximum Gasteiger partial charge on any atom is 0.239 e. The summed E-state index contributed by atoms with van der Waals surface area (Å²) >= 11 is 3.41. The number of carbonyl (C=O) groups is 2. The molecule has 6 nitrogen and oxygen atoms in total. The summed E-state index contributed by atoms with van der Waals surface area (Å²) in [6.45, 7) is 4.74. The summed E-state index contributed by atoms with van der Waals surface area (Å²) < 4.78 is 6.29. The van der Waals surface area contributed by atoms with Gasteiger partial charge in [-0.15, -0.1) is 0 Å². The first-order valence-corrected chi connectivity index (χ1v) is 9.51. The number of amides is 2. The largest absolute Gasteiger partial charge is 0.379 e. The molecule has 0 unspecified atom stereocenters. The van der Waals surface area contributed by atoms with Gasteiger partial charge in [0.1, 0.15) is 0 Å². The van der Waals surface area contributed by atoms with Crippen molar-refractivity contribution in [2.75, 3.05) is 45.9 Å². The van der Waals surface area contributed by atoms with Crippen molar-refractivity contribution in [3.05, 3.63) is 34.3 Å². The van der Waals surface area contributed by atoms with Crippen molar-refractivity contribution in [2.24, 2.45) is 0 Å². The molecule has 2 N–H and O–H groups in total. The van der Waals surface area contributed by atoms with Gasteiger partial charge in [-0.05, 0) is 30.5 Å². The van der Waals surface area contributed by atoms with E-state index in [4.69, 9.17) is 4.74 Å². The van der Waals surface area contributed by atoms with Crippen LogP contribution in [0.15, 0.2) is 28.7 Å².